The van der Waals surface area contributed by atoms with Crippen molar-refractivity contribution in [1.29, 1.82) is 0 Å². The maximum Gasteiger partial charge on any atom is 0.229 e. The lowest BCUT2D eigenvalue weighted by atomic mass is 10.3. The Morgan fingerprint density at radius 1 is 1.83 bits per heavy atom. The zero-order chi connectivity index (χ0) is 8.97. The molecule has 0 bridgehead atoms. The van der Waals surface area contributed by atoms with E-state index in [4.69, 9.17) is 5.73 Å². The van der Waals surface area contributed by atoms with Crippen molar-refractivity contribution >= 4 is 5.91 Å². The number of carbonyl (C=O) groups is 1. The monoisotopic (exact) mass is 163 g/mol. The van der Waals surface area contributed by atoms with Gasteiger partial charge in [-0.3, -0.25) is 9.48 Å². The number of amides is 1. The van der Waals surface area contributed by atoms with Crippen LogP contribution in [0.2, 0.25) is 0 Å². The van der Waals surface area contributed by atoms with Gasteiger partial charge in [0, 0.05) is 13.2 Å². The zero-order valence-corrected chi connectivity index (χ0v) is 6.74. The van der Waals surface area contributed by atoms with Gasteiger partial charge in [-0.1, -0.05) is 11.8 Å². The fraction of sp³-hybridized carbons (Fsp3) is 0.250. The Kier molecular flexibility index (Phi) is 2.49. The van der Waals surface area contributed by atoms with Crippen LogP contribution in [0.15, 0.2) is 12.4 Å². The third kappa shape index (κ3) is 2.46. The molecule has 0 spiro atoms. The van der Waals surface area contributed by atoms with Crippen LogP contribution in [0, 0.1) is 11.8 Å². The lowest BCUT2D eigenvalue weighted by Gasteiger charge is -1.80. The van der Waals surface area contributed by atoms with E-state index in [2.05, 4.69) is 16.9 Å². The third-order valence-corrected chi connectivity index (χ3v) is 1.20. The maximum absolute atomic E-state index is 10.3. The second-order valence-corrected chi connectivity index (χ2v) is 2.35. The first-order valence-electron chi connectivity index (χ1n) is 3.44. The van der Waals surface area contributed by atoms with Gasteiger partial charge in [0.05, 0.1) is 18.2 Å². The fourth-order valence-electron chi connectivity index (χ4n) is 0.719. The van der Waals surface area contributed by atoms with Crippen molar-refractivity contribution in [3.8, 4) is 11.8 Å². The predicted molar refractivity (Wildman–Crippen MR) is 43.9 cm³/mol. The standard InChI is InChI=1S/C8H9N3O/c1-11-6-7(5-10-11)3-2-4-8(9)12/h5-6H,4H2,1H3,(H2,9,12). The molecule has 0 aliphatic heterocycles. The highest BCUT2D eigenvalue weighted by Crippen LogP contribution is 1.91. The SMILES string of the molecule is Cn1cc(C#CCC(N)=O)cn1. The first-order chi connectivity index (χ1) is 5.68. The van der Waals surface area contributed by atoms with Crippen LogP contribution in [-0.2, 0) is 11.8 Å². The summed E-state index contributed by atoms with van der Waals surface area (Å²) in [6.07, 6.45) is 3.50. The minimum absolute atomic E-state index is 0.0922. The fourth-order valence-corrected chi connectivity index (χ4v) is 0.719. The number of primary amides is 1. The van der Waals surface area contributed by atoms with Crippen LogP contribution in [0.1, 0.15) is 12.0 Å². The lowest BCUT2D eigenvalue weighted by Crippen LogP contribution is -2.08. The normalized spacial score (nSPS) is 8.75. The summed E-state index contributed by atoms with van der Waals surface area (Å²) in [6.45, 7) is 0. The van der Waals surface area contributed by atoms with E-state index >= 15 is 0 Å². The van der Waals surface area contributed by atoms with Gasteiger partial charge in [0.2, 0.25) is 5.91 Å². The van der Waals surface area contributed by atoms with E-state index in [0.29, 0.717) is 0 Å². The molecule has 4 heteroatoms. The predicted octanol–water partition coefficient (Wildman–Crippen LogP) is -0.353. The van der Waals surface area contributed by atoms with Crippen molar-refractivity contribution in [2.45, 2.75) is 6.42 Å². The van der Waals surface area contributed by atoms with Crippen LogP contribution in [0.3, 0.4) is 0 Å². The van der Waals surface area contributed by atoms with E-state index < -0.39 is 5.91 Å². The van der Waals surface area contributed by atoms with Crippen molar-refractivity contribution in [3.05, 3.63) is 18.0 Å². The molecule has 0 aliphatic rings. The molecule has 0 aliphatic carbocycles. The highest BCUT2D eigenvalue weighted by Gasteiger charge is 1.89. The van der Waals surface area contributed by atoms with E-state index in [1.807, 2.05) is 0 Å². The van der Waals surface area contributed by atoms with Gasteiger partial charge in [-0.2, -0.15) is 5.10 Å². The number of hydrogen-bond acceptors (Lipinski definition) is 2. The molecule has 4 nitrogen and oxygen atoms in total. The minimum atomic E-state index is -0.411. The van der Waals surface area contributed by atoms with Crippen molar-refractivity contribution < 1.29 is 4.79 Å². The molecule has 1 amide bonds. The zero-order valence-electron chi connectivity index (χ0n) is 6.74. The van der Waals surface area contributed by atoms with Crippen LogP contribution < -0.4 is 5.73 Å². The largest absolute Gasteiger partial charge is 0.369 e. The first kappa shape index (κ1) is 8.34. The van der Waals surface area contributed by atoms with Crippen LogP contribution in [0.25, 0.3) is 0 Å². The summed E-state index contributed by atoms with van der Waals surface area (Å²) in [7, 11) is 1.80. The van der Waals surface area contributed by atoms with E-state index in [0.717, 1.165) is 5.56 Å². The van der Waals surface area contributed by atoms with Crippen molar-refractivity contribution in [1.82, 2.24) is 9.78 Å². The molecule has 62 valence electrons. The Bertz CT molecular complexity index is 343. The molecule has 1 heterocycles. The highest BCUT2D eigenvalue weighted by molar-refractivity contribution is 5.76. The molecule has 12 heavy (non-hydrogen) atoms. The molecule has 1 aromatic heterocycles. The summed E-state index contributed by atoms with van der Waals surface area (Å²) in [6, 6.07) is 0. The summed E-state index contributed by atoms with van der Waals surface area (Å²) in [5.74, 6) is 4.99. The topological polar surface area (TPSA) is 60.9 Å². The van der Waals surface area contributed by atoms with Gasteiger partial charge in [-0.15, -0.1) is 0 Å². The number of nitrogens with two attached hydrogens (primary N) is 1. The van der Waals surface area contributed by atoms with Gasteiger partial charge in [-0.25, -0.2) is 0 Å². The average Bonchev–Trinajstić information content (AvgIpc) is 2.35. The number of carbonyl (C=O) groups excluding carboxylic acids is 1. The molecule has 0 atom stereocenters. The quantitative estimate of drug-likeness (QED) is 0.575. The lowest BCUT2D eigenvalue weighted by molar-refractivity contribution is -0.117. The molecular formula is C8H9N3O. The Morgan fingerprint density at radius 3 is 3.08 bits per heavy atom. The van der Waals surface area contributed by atoms with E-state index in [1.54, 1.807) is 24.1 Å². The molecule has 1 aromatic rings. The number of rotatable bonds is 1. The Morgan fingerprint density at radius 2 is 2.58 bits per heavy atom. The number of nitrogens with zero attached hydrogens (tertiary/aromatic N) is 2. The van der Waals surface area contributed by atoms with E-state index in [1.165, 1.54) is 0 Å². The van der Waals surface area contributed by atoms with Crippen LogP contribution >= 0.6 is 0 Å². The van der Waals surface area contributed by atoms with Gasteiger partial charge >= 0.3 is 0 Å². The summed E-state index contributed by atoms with van der Waals surface area (Å²) < 4.78 is 1.65. The van der Waals surface area contributed by atoms with Gasteiger partial charge in [0.25, 0.3) is 0 Å². The Balaban J connectivity index is 2.60. The van der Waals surface area contributed by atoms with Crippen LogP contribution in [0.5, 0.6) is 0 Å². The van der Waals surface area contributed by atoms with Gasteiger partial charge in [0.1, 0.15) is 0 Å². The molecule has 1 rings (SSSR count). The van der Waals surface area contributed by atoms with E-state index in [9.17, 15) is 4.79 Å². The molecule has 0 unspecified atom stereocenters. The number of aromatic nitrogens is 2. The van der Waals surface area contributed by atoms with Crippen LogP contribution in [-0.4, -0.2) is 15.7 Å². The first-order valence-corrected chi connectivity index (χ1v) is 3.44. The third-order valence-electron chi connectivity index (χ3n) is 1.20. The van der Waals surface area contributed by atoms with E-state index in [-0.39, 0.29) is 6.42 Å². The number of aryl methyl sites for hydroxylation is 1. The molecule has 0 saturated heterocycles. The molecular weight excluding hydrogens is 154 g/mol. The highest BCUT2D eigenvalue weighted by atomic mass is 16.1. The molecule has 0 fully saturated rings. The Hall–Kier alpha value is -1.76. The van der Waals surface area contributed by atoms with Crippen molar-refractivity contribution in [2.24, 2.45) is 12.8 Å². The van der Waals surface area contributed by atoms with Gasteiger partial charge < -0.3 is 5.73 Å². The summed E-state index contributed by atoms with van der Waals surface area (Å²) in [5, 5.41) is 3.91. The minimum Gasteiger partial charge on any atom is -0.369 e. The van der Waals surface area contributed by atoms with Crippen molar-refractivity contribution in [3.63, 3.8) is 0 Å². The second-order valence-electron chi connectivity index (χ2n) is 2.35. The van der Waals surface area contributed by atoms with Gasteiger partial charge in [-0.05, 0) is 0 Å². The maximum atomic E-state index is 10.3. The Labute approximate surface area is 70.4 Å². The van der Waals surface area contributed by atoms with Gasteiger partial charge in [0.15, 0.2) is 0 Å². The molecule has 0 radical (unpaired) electrons. The molecule has 2 N–H and O–H groups in total. The van der Waals surface area contributed by atoms with Crippen LogP contribution in [0.4, 0.5) is 0 Å². The summed E-state index contributed by atoms with van der Waals surface area (Å²) in [5.41, 5.74) is 5.69. The molecule has 0 aromatic carbocycles. The summed E-state index contributed by atoms with van der Waals surface area (Å²) in [4.78, 5) is 10.3. The second kappa shape index (κ2) is 3.58. The summed E-state index contributed by atoms with van der Waals surface area (Å²) >= 11 is 0. The smallest absolute Gasteiger partial charge is 0.229 e. The number of hydrogen-bond donors (Lipinski definition) is 1. The average molecular weight is 163 g/mol. The molecule has 0 saturated carbocycles. The van der Waals surface area contributed by atoms with Crippen molar-refractivity contribution in [2.75, 3.05) is 0 Å².